The van der Waals surface area contributed by atoms with Crippen LogP contribution in [0.2, 0.25) is 0 Å². The van der Waals surface area contributed by atoms with E-state index in [0.29, 0.717) is 6.42 Å². The number of rotatable bonds is 4. The van der Waals surface area contributed by atoms with Crippen molar-refractivity contribution in [1.29, 1.82) is 0 Å². The molecule has 0 saturated carbocycles. The van der Waals surface area contributed by atoms with E-state index in [1.54, 1.807) is 26.2 Å². The van der Waals surface area contributed by atoms with Gasteiger partial charge in [-0.25, -0.2) is 5.01 Å². The number of hydrogen-bond acceptors (Lipinski definition) is 3. The number of methoxy groups -OCH3 is 1. The van der Waals surface area contributed by atoms with Crippen molar-refractivity contribution in [3.63, 3.8) is 0 Å². The quantitative estimate of drug-likeness (QED) is 0.804. The number of hydrazine groups is 1. The molecule has 1 amide bonds. The average Bonchev–Trinajstić information content (AvgIpc) is 2.15. The molecule has 0 unspecified atom stereocenters. The van der Waals surface area contributed by atoms with Crippen LogP contribution < -0.4 is 10.2 Å². The van der Waals surface area contributed by atoms with E-state index < -0.39 is 0 Å². The Hall–Kier alpha value is -1.55. The summed E-state index contributed by atoms with van der Waals surface area (Å²) < 4.78 is 5.29. The van der Waals surface area contributed by atoms with Crippen molar-refractivity contribution in [3.8, 4) is 5.75 Å². The summed E-state index contributed by atoms with van der Waals surface area (Å²) in [4.78, 5) is 11.6. The normalized spacial score (nSPS) is 10.5. The minimum Gasteiger partial charge on any atom is -0.496 e. The van der Waals surface area contributed by atoms with Crippen molar-refractivity contribution in [2.45, 2.75) is 20.3 Å². The summed E-state index contributed by atoms with van der Waals surface area (Å²) in [6.45, 7) is 3.97. The highest BCUT2D eigenvalue weighted by atomic mass is 16.5. The topological polar surface area (TPSA) is 41.6 Å². The van der Waals surface area contributed by atoms with Gasteiger partial charge < -0.3 is 4.74 Å². The lowest BCUT2D eigenvalue weighted by molar-refractivity contribution is -0.124. The highest BCUT2D eigenvalue weighted by Gasteiger charge is 2.08. The Kier molecular flexibility index (Phi) is 4.52. The third-order valence-corrected chi connectivity index (χ3v) is 2.44. The molecule has 0 radical (unpaired) electrons. The molecule has 0 fully saturated rings. The van der Waals surface area contributed by atoms with E-state index in [1.807, 2.05) is 26.0 Å². The molecule has 0 saturated heterocycles. The zero-order valence-electron chi connectivity index (χ0n) is 11.1. The molecule has 0 atom stereocenters. The van der Waals surface area contributed by atoms with Crippen LogP contribution >= 0.6 is 0 Å². The van der Waals surface area contributed by atoms with Gasteiger partial charge in [-0.3, -0.25) is 10.2 Å². The molecule has 0 aromatic heterocycles. The molecule has 0 aliphatic rings. The molecule has 4 nitrogen and oxygen atoms in total. The van der Waals surface area contributed by atoms with E-state index in [-0.39, 0.29) is 5.91 Å². The van der Waals surface area contributed by atoms with Crippen LogP contribution in [-0.2, 0) is 11.2 Å². The number of carbonyl (C=O) groups is 1. The van der Waals surface area contributed by atoms with Crippen LogP contribution in [0.4, 0.5) is 0 Å². The number of carbonyl (C=O) groups excluding carboxylic acids is 1. The van der Waals surface area contributed by atoms with Gasteiger partial charge in [0.15, 0.2) is 0 Å². The highest BCUT2D eigenvalue weighted by molar-refractivity contribution is 5.78. The smallest absolute Gasteiger partial charge is 0.238 e. The van der Waals surface area contributed by atoms with Crippen LogP contribution in [-0.4, -0.2) is 32.1 Å². The van der Waals surface area contributed by atoms with Gasteiger partial charge in [0.05, 0.1) is 13.5 Å². The molecule has 94 valence electrons. The lowest BCUT2D eigenvalue weighted by atomic mass is 10.0. The third kappa shape index (κ3) is 3.75. The molecular weight excluding hydrogens is 216 g/mol. The fourth-order valence-corrected chi connectivity index (χ4v) is 1.94. The molecule has 4 heteroatoms. The molecule has 1 rings (SSSR count). The van der Waals surface area contributed by atoms with Crippen molar-refractivity contribution >= 4 is 5.91 Å². The number of benzene rings is 1. The molecule has 17 heavy (non-hydrogen) atoms. The number of ether oxygens (including phenoxy) is 1. The van der Waals surface area contributed by atoms with E-state index in [1.165, 1.54) is 0 Å². The van der Waals surface area contributed by atoms with Gasteiger partial charge in [-0.2, -0.15) is 0 Å². The van der Waals surface area contributed by atoms with Gasteiger partial charge in [-0.05, 0) is 30.5 Å². The van der Waals surface area contributed by atoms with Gasteiger partial charge in [0.25, 0.3) is 0 Å². The van der Waals surface area contributed by atoms with Gasteiger partial charge in [0.2, 0.25) is 5.91 Å². The first-order chi connectivity index (χ1) is 7.93. The first-order valence-electron chi connectivity index (χ1n) is 5.55. The van der Waals surface area contributed by atoms with Crippen molar-refractivity contribution < 1.29 is 9.53 Å². The molecule has 0 aliphatic carbocycles. The SMILES string of the molecule is COc1c(C)cc(CC(=O)NN(C)C)cc1C. The number of nitrogens with one attached hydrogen (secondary N) is 1. The maximum atomic E-state index is 11.6. The standard InChI is InChI=1S/C13H20N2O2/c1-9-6-11(7-10(2)13(9)17-5)8-12(16)14-15(3)4/h6-7H,8H2,1-5H3,(H,14,16). The molecule has 1 aromatic rings. The molecule has 0 bridgehead atoms. The zero-order chi connectivity index (χ0) is 13.0. The second-order valence-corrected chi connectivity index (χ2v) is 4.37. The minimum absolute atomic E-state index is 0.0148. The second-order valence-electron chi connectivity index (χ2n) is 4.37. The van der Waals surface area contributed by atoms with E-state index in [2.05, 4.69) is 5.43 Å². The Bertz CT molecular complexity index is 391. The lowest BCUT2D eigenvalue weighted by Gasteiger charge is -2.14. The summed E-state index contributed by atoms with van der Waals surface area (Å²) >= 11 is 0. The van der Waals surface area contributed by atoms with Gasteiger partial charge in [0, 0.05) is 14.1 Å². The number of aryl methyl sites for hydroxylation is 2. The average molecular weight is 236 g/mol. The predicted molar refractivity (Wildman–Crippen MR) is 68.0 cm³/mol. The summed E-state index contributed by atoms with van der Waals surface area (Å²) in [5, 5.41) is 1.64. The van der Waals surface area contributed by atoms with Crippen molar-refractivity contribution in [2.24, 2.45) is 0 Å². The number of amides is 1. The van der Waals surface area contributed by atoms with Gasteiger partial charge in [-0.1, -0.05) is 12.1 Å². The van der Waals surface area contributed by atoms with E-state index in [0.717, 1.165) is 22.4 Å². The zero-order valence-corrected chi connectivity index (χ0v) is 11.1. The summed E-state index contributed by atoms with van der Waals surface area (Å²) in [6, 6.07) is 3.97. The Balaban J connectivity index is 2.83. The minimum atomic E-state index is -0.0148. The van der Waals surface area contributed by atoms with Gasteiger partial charge >= 0.3 is 0 Å². The molecule has 1 N–H and O–H groups in total. The molecular formula is C13H20N2O2. The molecule has 0 heterocycles. The Labute approximate surface area is 103 Å². The summed E-state index contributed by atoms with van der Waals surface area (Å²) in [5.41, 5.74) is 5.83. The Morgan fingerprint density at radius 3 is 2.24 bits per heavy atom. The maximum absolute atomic E-state index is 11.6. The van der Waals surface area contributed by atoms with Crippen LogP contribution in [0.25, 0.3) is 0 Å². The van der Waals surface area contributed by atoms with Crippen LogP contribution in [0, 0.1) is 13.8 Å². The van der Waals surface area contributed by atoms with Gasteiger partial charge in [0.1, 0.15) is 5.75 Å². The predicted octanol–water partition coefficient (Wildman–Crippen LogP) is 1.45. The summed E-state index contributed by atoms with van der Waals surface area (Å²) in [7, 11) is 5.25. The Morgan fingerprint density at radius 2 is 1.82 bits per heavy atom. The van der Waals surface area contributed by atoms with E-state index in [4.69, 9.17) is 4.74 Å². The first-order valence-corrected chi connectivity index (χ1v) is 5.55. The molecule has 0 aliphatic heterocycles. The van der Waals surface area contributed by atoms with Gasteiger partial charge in [-0.15, -0.1) is 0 Å². The molecule has 0 spiro atoms. The lowest BCUT2D eigenvalue weighted by Crippen LogP contribution is -2.37. The summed E-state index contributed by atoms with van der Waals surface area (Å²) in [5.74, 6) is 0.876. The van der Waals surface area contributed by atoms with Crippen molar-refractivity contribution in [2.75, 3.05) is 21.2 Å². The first kappa shape index (κ1) is 13.5. The third-order valence-electron chi connectivity index (χ3n) is 2.44. The van der Waals surface area contributed by atoms with Crippen LogP contribution in [0.1, 0.15) is 16.7 Å². The monoisotopic (exact) mass is 236 g/mol. The van der Waals surface area contributed by atoms with Crippen molar-refractivity contribution in [1.82, 2.24) is 10.4 Å². The summed E-state index contributed by atoms with van der Waals surface area (Å²) in [6.07, 6.45) is 0.379. The number of hydrogen-bond donors (Lipinski definition) is 1. The maximum Gasteiger partial charge on any atom is 0.238 e. The van der Waals surface area contributed by atoms with Crippen LogP contribution in [0.3, 0.4) is 0 Å². The highest BCUT2D eigenvalue weighted by Crippen LogP contribution is 2.24. The van der Waals surface area contributed by atoms with Crippen LogP contribution in [0.15, 0.2) is 12.1 Å². The fraction of sp³-hybridized carbons (Fsp3) is 0.462. The fourth-order valence-electron chi connectivity index (χ4n) is 1.94. The van der Waals surface area contributed by atoms with E-state index in [9.17, 15) is 4.79 Å². The van der Waals surface area contributed by atoms with Crippen molar-refractivity contribution in [3.05, 3.63) is 28.8 Å². The Morgan fingerprint density at radius 1 is 1.29 bits per heavy atom. The second kappa shape index (κ2) is 5.68. The van der Waals surface area contributed by atoms with E-state index >= 15 is 0 Å². The molecule has 1 aromatic carbocycles. The largest absolute Gasteiger partial charge is 0.496 e. The number of nitrogens with zero attached hydrogens (tertiary/aromatic N) is 1. The van der Waals surface area contributed by atoms with Crippen LogP contribution in [0.5, 0.6) is 5.75 Å².